The number of hydrogen-bond acceptors (Lipinski definition) is 2. The van der Waals surface area contributed by atoms with Crippen LogP contribution in [0.25, 0.3) is 0 Å². The Labute approximate surface area is 150 Å². The maximum atomic E-state index is 9.06. The van der Waals surface area contributed by atoms with Gasteiger partial charge in [0.05, 0.1) is 6.61 Å². The van der Waals surface area contributed by atoms with Crippen molar-refractivity contribution >= 4 is 5.84 Å². The third kappa shape index (κ3) is 11.1. The van der Waals surface area contributed by atoms with E-state index in [1.165, 1.54) is 95.7 Å². The Balaban J connectivity index is 1.80. The van der Waals surface area contributed by atoms with Crippen LogP contribution in [-0.2, 0) is 0 Å². The quantitative estimate of drug-likeness (QED) is 0.293. The van der Waals surface area contributed by atoms with E-state index >= 15 is 0 Å². The summed E-state index contributed by atoms with van der Waals surface area (Å²) in [5, 5.41) is 12.5. The Kier molecular flexibility index (Phi) is 14.3. The summed E-state index contributed by atoms with van der Waals surface area (Å²) in [6.45, 7) is 5.46. The Morgan fingerprint density at radius 3 is 1.79 bits per heavy atom. The van der Waals surface area contributed by atoms with E-state index in [4.69, 9.17) is 5.11 Å². The van der Waals surface area contributed by atoms with E-state index in [1.807, 2.05) is 0 Å². The molecule has 0 aliphatic carbocycles. The molecule has 0 aromatic carbocycles. The number of aliphatic hydroxyl groups is 1. The van der Waals surface area contributed by atoms with Gasteiger partial charge in [0.2, 0.25) is 5.84 Å². The monoisotopic (exact) mass is 339 g/mol. The zero-order valence-corrected chi connectivity index (χ0v) is 16.3. The summed E-state index contributed by atoms with van der Waals surface area (Å²) >= 11 is 0. The average Bonchev–Trinajstić information content (AvgIpc) is 3.03. The van der Waals surface area contributed by atoms with Crippen molar-refractivity contribution in [3.63, 3.8) is 0 Å². The first kappa shape index (κ1) is 21.5. The molecule has 1 heterocycles. The maximum Gasteiger partial charge on any atom is 0.245 e. The largest absolute Gasteiger partial charge is 0.392 e. The molecule has 1 aliphatic rings. The topological polar surface area (TPSA) is 35.3 Å². The molecule has 24 heavy (non-hydrogen) atoms. The number of rotatable bonds is 17. The van der Waals surface area contributed by atoms with Crippen LogP contribution in [0.1, 0.15) is 103 Å². The number of hydrogen-bond donors (Lipinski definition) is 2. The highest BCUT2D eigenvalue weighted by Crippen LogP contribution is 2.13. The molecule has 1 aliphatic heterocycles. The molecule has 0 aromatic rings. The van der Waals surface area contributed by atoms with E-state index < -0.39 is 0 Å². The van der Waals surface area contributed by atoms with Gasteiger partial charge in [0.25, 0.3) is 0 Å². The fourth-order valence-electron chi connectivity index (χ4n) is 3.68. The van der Waals surface area contributed by atoms with Gasteiger partial charge in [-0.1, -0.05) is 90.4 Å². The van der Waals surface area contributed by atoms with Gasteiger partial charge in [-0.15, -0.1) is 0 Å². The lowest BCUT2D eigenvalue weighted by Crippen LogP contribution is -2.24. The first-order valence-corrected chi connectivity index (χ1v) is 10.8. The molecule has 0 spiro atoms. The second-order valence-electron chi connectivity index (χ2n) is 7.43. The van der Waals surface area contributed by atoms with Gasteiger partial charge in [0.15, 0.2) is 0 Å². The van der Waals surface area contributed by atoms with Crippen LogP contribution in [0.5, 0.6) is 0 Å². The van der Waals surface area contributed by atoms with Gasteiger partial charge in [-0.2, -0.15) is 0 Å². The zero-order chi connectivity index (χ0) is 17.3. The summed E-state index contributed by atoms with van der Waals surface area (Å²) in [5.74, 6) is 1.36. The van der Waals surface area contributed by atoms with Crippen molar-refractivity contribution < 1.29 is 9.68 Å². The van der Waals surface area contributed by atoms with Gasteiger partial charge in [-0.25, -0.2) is 0 Å². The molecule has 0 aromatic heterocycles. The number of unbranched alkanes of at least 4 members (excludes halogenated alkanes) is 13. The van der Waals surface area contributed by atoms with E-state index in [1.54, 1.807) is 0 Å². The average molecular weight is 340 g/mol. The molecule has 0 bridgehead atoms. The number of nitrogens with zero attached hydrogens (tertiary/aromatic N) is 1. The molecule has 0 saturated carbocycles. The van der Waals surface area contributed by atoms with Crippen molar-refractivity contribution in [2.75, 3.05) is 26.2 Å². The van der Waals surface area contributed by atoms with E-state index in [2.05, 4.69) is 16.8 Å². The third-order valence-corrected chi connectivity index (χ3v) is 5.23. The summed E-state index contributed by atoms with van der Waals surface area (Å²) in [6.07, 6.45) is 21.0. The standard InChI is InChI=1S/C21H42N2O/c1-2-3-4-5-6-7-8-9-10-11-12-13-14-15-16-21-22-17-18-23(21)19-20-24/h24H,2-20H2,1H3/p+1. The van der Waals surface area contributed by atoms with Gasteiger partial charge in [0, 0.05) is 6.42 Å². The summed E-state index contributed by atoms with van der Waals surface area (Å²) < 4.78 is 2.31. The molecular formula is C21H43N2O+. The summed E-state index contributed by atoms with van der Waals surface area (Å²) in [4.78, 5) is 0. The van der Waals surface area contributed by atoms with Crippen LogP contribution in [0, 0.1) is 0 Å². The Bertz CT molecular complexity index is 315. The second-order valence-corrected chi connectivity index (χ2v) is 7.43. The summed E-state index contributed by atoms with van der Waals surface area (Å²) in [7, 11) is 0. The van der Waals surface area contributed by atoms with Crippen LogP contribution in [-0.4, -0.2) is 41.8 Å². The Hall–Kier alpha value is -0.570. The normalized spacial score (nSPS) is 14.4. The first-order chi connectivity index (χ1) is 11.9. The molecule has 3 heteroatoms. The SMILES string of the molecule is CCCCCCCCCCCCCCCCC1=[N+](CCO)CCN1. The zero-order valence-electron chi connectivity index (χ0n) is 16.3. The van der Waals surface area contributed by atoms with Gasteiger partial charge < -0.3 is 5.11 Å². The lowest BCUT2D eigenvalue weighted by Gasteiger charge is -2.04. The predicted molar refractivity (Wildman–Crippen MR) is 105 cm³/mol. The number of nitrogens with one attached hydrogen (secondary N) is 1. The fourth-order valence-corrected chi connectivity index (χ4v) is 3.68. The van der Waals surface area contributed by atoms with Crippen molar-refractivity contribution in [1.29, 1.82) is 0 Å². The van der Waals surface area contributed by atoms with Crippen LogP contribution in [0.4, 0.5) is 0 Å². The lowest BCUT2D eigenvalue weighted by atomic mass is 10.0. The van der Waals surface area contributed by atoms with Crippen LogP contribution in [0.3, 0.4) is 0 Å². The minimum atomic E-state index is 0.268. The van der Waals surface area contributed by atoms with Crippen LogP contribution < -0.4 is 5.32 Å². The molecule has 0 saturated heterocycles. The predicted octanol–water partition coefficient (Wildman–Crippen LogP) is 4.86. The van der Waals surface area contributed by atoms with Gasteiger partial charge in [-0.3, -0.25) is 9.89 Å². The molecular weight excluding hydrogens is 296 g/mol. The summed E-state index contributed by atoms with van der Waals surface area (Å²) in [6, 6.07) is 0. The lowest BCUT2D eigenvalue weighted by molar-refractivity contribution is -0.521. The van der Waals surface area contributed by atoms with Crippen molar-refractivity contribution in [3.05, 3.63) is 0 Å². The molecule has 0 amide bonds. The molecule has 0 fully saturated rings. The molecule has 0 atom stereocenters. The van der Waals surface area contributed by atoms with Gasteiger partial charge in [-0.05, 0) is 6.42 Å². The van der Waals surface area contributed by atoms with Crippen molar-refractivity contribution in [3.8, 4) is 0 Å². The number of amidine groups is 1. The molecule has 3 nitrogen and oxygen atoms in total. The third-order valence-electron chi connectivity index (χ3n) is 5.23. The maximum absolute atomic E-state index is 9.06. The molecule has 0 unspecified atom stereocenters. The van der Waals surface area contributed by atoms with Crippen molar-refractivity contribution in [2.24, 2.45) is 0 Å². The molecule has 0 radical (unpaired) electrons. The van der Waals surface area contributed by atoms with Gasteiger partial charge in [0.1, 0.15) is 19.6 Å². The van der Waals surface area contributed by atoms with Crippen LogP contribution in [0.15, 0.2) is 0 Å². The Morgan fingerprint density at radius 1 is 0.792 bits per heavy atom. The second kappa shape index (κ2) is 15.9. The Morgan fingerprint density at radius 2 is 1.29 bits per heavy atom. The van der Waals surface area contributed by atoms with E-state index in [0.717, 1.165) is 26.1 Å². The smallest absolute Gasteiger partial charge is 0.245 e. The van der Waals surface area contributed by atoms with Crippen molar-refractivity contribution in [2.45, 2.75) is 103 Å². The fraction of sp³-hybridized carbons (Fsp3) is 0.952. The highest BCUT2D eigenvalue weighted by molar-refractivity contribution is 5.78. The number of β-amino-alcohol motifs (C(OH)–C–C–N with tert-alkyl or cyclic N) is 1. The van der Waals surface area contributed by atoms with E-state index in [9.17, 15) is 0 Å². The van der Waals surface area contributed by atoms with E-state index in [0.29, 0.717) is 0 Å². The van der Waals surface area contributed by atoms with E-state index in [-0.39, 0.29) is 6.61 Å². The highest BCUT2D eigenvalue weighted by Gasteiger charge is 2.19. The minimum Gasteiger partial charge on any atom is -0.392 e. The van der Waals surface area contributed by atoms with Crippen LogP contribution >= 0.6 is 0 Å². The van der Waals surface area contributed by atoms with Crippen molar-refractivity contribution in [1.82, 2.24) is 5.32 Å². The molecule has 2 N–H and O–H groups in total. The minimum absolute atomic E-state index is 0.268. The molecule has 1 rings (SSSR count). The first-order valence-electron chi connectivity index (χ1n) is 10.8. The van der Waals surface area contributed by atoms with Gasteiger partial charge >= 0.3 is 0 Å². The summed E-state index contributed by atoms with van der Waals surface area (Å²) in [5.41, 5.74) is 0. The number of aliphatic hydroxyl groups excluding tert-OH is 1. The van der Waals surface area contributed by atoms with Crippen LogP contribution in [0.2, 0.25) is 0 Å². The molecule has 142 valence electrons. The highest BCUT2D eigenvalue weighted by atomic mass is 16.3.